The highest BCUT2D eigenvalue weighted by molar-refractivity contribution is 6.36. The Morgan fingerprint density at radius 2 is 1.59 bits per heavy atom. The number of halogens is 1. The smallest absolute Gasteiger partial charge is 0.0987 e. The summed E-state index contributed by atoms with van der Waals surface area (Å²) in [7, 11) is 0. The SMILES string of the molecule is Cc1ccc2ccc3c(Cl)cc(-c4ccccc4)nc3c2n1. The minimum atomic E-state index is 0.703. The van der Waals surface area contributed by atoms with E-state index < -0.39 is 0 Å². The van der Waals surface area contributed by atoms with Crippen molar-refractivity contribution < 1.29 is 0 Å². The van der Waals surface area contributed by atoms with Crippen LogP contribution in [0, 0.1) is 6.92 Å². The van der Waals surface area contributed by atoms with Crippen LogP contribution in [0.1, 0.15) is 5.69 Å². The number of rotatable bonds is 1. The van der Waals surface area contributed by atoms with Gasteiger partial charge in [0.15, 0.2) is 0 Å². The lowest BCUT2D eigenvalue weighted by Crippen LogP contribution is -1.91. The van der Waals surface area contributed by atoms with Crippen molar-refractivity contribution in [3.8, 4) is 11.3 Å². The largest absolute Gasteiger partial charge is 0.251 e. The first kappa shape index (κ1) is 13.2. The fourth-order valence-corrected chi connectivity index (χ4v) is 2.94. The van der Waals surface area contributed by atoms with E-state index in [0.29, 0.717) is 5.02 Å². The molecule has 22 heavy (non-hydrogen) atoms. The van der Waals surface area contributed by atoms with E-state index in [1.807, 2.05) is 61.5 Å². The summed E-state index contributed by atoms with van der Waals surface area (Å²) in [6.07, 6.45) is 0. The summed E-state index contributed by atoms with van der Waals surface area (Å²) in [6.45, 7) is 1.99. The fraction of sp³-hybridized carbons (Fsp3) is 0.0526. The van der Waals surface area contributed by atoms with Crippen molar-refractivity contribution in [1.82, 2.24) is 9.97 Å². The average Bonchev–Trinajstić information content (AvgIpc) is 2.55. The van der Waals surface area contributed by atoms with Crippen LogP contribution in [0.2, 0.25) is 5.02 Å². The molecule has 0 bridgehead atoms. The van der Waals surface area contributed by atoms with E-state index >= 15 is 0 Å². The number of aromatic nitrogens is 2. The Bertz CT molecular complexity index is 994. The first-order valence-electron chi connectivity index (χ1n) is 7.14. The molecule has 2 aromatic heterocycles. The van der Waals surface area contributed by atoms with Gasteiger partial charge in [0.25, 0.3) is 0 Å². The van der Waals surface area contributed by atoms with Crippen molar-refractivity contribution >= 4 is 33.4 Å². The van der Waals surface area contributed by atoms with E-state index in [-0.39, 0.29) is 0 Å². The molecule has 0 radical (unpaired) electrons. The standard InChI is InChI=1S/C19H13ClN2/c1-12-7-8-14-9-10-15-16(20)11-17(13-5-3-2-4-6-13)22-19(15)18(14)21-12/h2-11H,1H3. The Balaban J connectivity index is 2.11. The van der Waals surface area contributed by atoms with Gasteiger partial charge in [-0.2, -0.15) is 0 Å². The van der Waals surface area contributed by atoms with Crippen molar-refractivity contribution in [3.05, 3.63) is 71.4 Å². The zero-order chi connectivity index (χ0) is 15.1. The van der Waals surface area contributed by atoms with E-state index in [0.717, 1.165) is 38.8 Å². The third kappa shape index (κ3) is 2.13. The molecule has 3 heteroatoms. The summed E-state index contributed by atoms with van der Waals surface area (Å²) in [6, 6.07) is 20.1. The summed E-state index contributed by atoms with van der Waals surface area (Å²) in [5, 5.41) is 2.72. The summed E-state index contributed by atoms with van der Waals surface area (Å²) < 4.78 is 0. The zero-order valence-corrected chi connectivity index (χ0v) is 12.8. The van der Waals surface area contributed by atoms with Crippen LogP contribution in [0.5, 0.6) is 0 Å². The molecule has 106 valence electrons. The maximum atomic E-state index is 6.48. The maximum Gasteiger partial charge on any atom is 0.0987 e. The predicted molar refractivity (Wildman–Crippen MR) is 92.2 cm³/mol. The molecule has 0 aliphatic carbocycles. The Morgan fingerprint density at radius 1 is 0.818 bits per heavy atom. The van der Waals surface area contributed by atoms with Crippen molar-refractivity contribution in [2.45, 2.75) is 6.92 Å². The first-order chi connectivity index (χ1) is 10.7. The molecule has 4 aromatic rings. The minimum absolute atomic E-state index is 0.703. The molecule has 2 aromatic carbocycles. The highest BCUT2D eigenvalue weighted by Crippen LogP contribution is 2.31. The molecule has 0 unspecified atom stereocenters. The van der Waals surface area contributed by atoms with E-state index in [1.54, 1.807) is 0 Å². The third-order valence-electron chi connectivity index (χ3n) is 3.80. The van der Waals surface area contributed by atoms with E-state index in [4.69, 9.17) is 16.6 Å². The lowest BCUT2D eigenvalue weighted by Gasteiger charge is -2.08. The van der Waals surface area contributed by atoms with Crippen LogP contribution in [0.15, 0.2) is 60.7 Å². The zero-order valence-electron chi connectivity index (χ0n) is 12.0. The van der Waals surface area contributed by atoms with E-state index in [1.165, 1.54) is 0 Å². The number of hydrogen-bond acceptors (Lipinski definition) is 2. The molecule has 0 spiro atoms. The maximum absolute atomic E-state index is 6.48. The summed E-state index contributed by atoms with van der Waals surface area (Å²) in [5.41, 5.74) is 4.65. The van der Waals surface area contributed by atoms with Crippen molar-refractivity contribution in [2.24, 2.45) is 0 Å². The van der Waals surface area contributed by atoms with Gasteiger partial charge in [-0.15, -0.1) is 0 Å². The molecule has 4 rings (SSSR count). The second-order valence-corrected chi connectivity index (χ2v) is 5.75. The second-order valence-electron chi connectivity index (χ2n) is 5.34. The van der Waals surface area contributed by atoms with Gasteiger partial charge in [0.05, 0.1) is 21.7 Å². The predicted octanol–water partition coefficient (Wildman–Crippen LogP) is 5.41. The molecule has 0 saturated heterocycles. The second kappa shape index (κ2) is 5.08. The highest BCUT2D eigenvalue weighted by atomic mass is 35.5. The molecule has 2 heterocycles. The Kier molecular flexibility index (Phi) is 3.05. The number of fused-ring (bicyclic) bond motifs is 3. The van der Waals surface area contributed by atoms with Gasteiger partial charge < -0.3 is 0 Å². The van der Waals surface area contributed by atoms with Crippen LogP contribution in [-0.2, 0) is 0 Å². The van der Waals surface area contributed by atoms with Crippen molar-refractivity contribution in [1.29, 1.82) is 0 Å². The van der Waals surface area contributed by atoms with Crippen LogP contribution in [-0.4, -0.2) is 9.97 Å². The summed E-state index contributed by atoms with van der Waals surface area (Å²) >= 11 is 6.48. The number of aryl methyl sites for hydroxylation is 1. The van der Waals surface area contributed by atoms with Gasteiger partial charge in [0, 0.05) is 22.0 Å². The van der Waals surface area contributed by atoms with Crippen LogP contribution in [0.25, 0.3) is 33.1 Å². The summed E-state index contributed by atoms with van der Waals surface area (Å²) in [5.74, 6) is 0. The quantitative estimate of drug-likeness (QED) is 0.439. The number of benzene rings is 2. The number of pyridine rings is 2. The molecule has 0 saturated carbocycles. The fourth-order valence-electron chi connectivity index (χ4n) is 2.68. The molecule has 0 aliphatic rings. The highest BCUT2D eigenvalue weighted by Gasteiger charge is 2.10. The molecule has 0 atom stereocenters. The Morgan fingerprint density at radius 3 is 2.41 bits per heavy atom. The van der Waals surface area contributed by atoms with Gasteiger partial charge >= 0.3 is 0 Å². The minimum Gasteiger partial charge on any atom is -0.251 e. The molecule has 2 nitrogen and oxygen atoms in total. The lowest BCUT2D eigenvalue weighted by molar-refractivity contribution is 1.25. The molecule has 0 fully saturated rings. The van der Waals surface area contributed by atoms with Gasteiger partial charge in [-0.1, -0.05) is 60.1 Å². The normalized spacial score (nSPS) is 11.2. The van der Waals surface area contributed by atoms with Gasteiger partial charge in [-0.05, 0) is 19.1 Å². The van der Waals surface area contributed by atoms with Gasteiger partial charge in [0.1, 0.15) is 0 Å². The lowest BCUT2D eigenvalue weighted by atomic mass is 10.1. The molecule has 0 aliphatic heterocycles. The third-order valence-corrected chi connectivity index (χ3v) is 4.11. The van der Waals surface area contributed by atoms with Gasteiger partial charge in [-0.25, -0.2) is 4.98 Å². The molecule has 0 amide bonds. The van der Waals surface area contributed by atoms with Gasteiger partial charge in [-0.3, -0.25) is 4.98 Å². The van der Waals surface area contributed by atoms with Crippen LogP contribution in [0.3, 0.4) is 0 Å². The molecular weight excluding hydrogens is 292 g/mol. The van der Waals surface area contributed by atoms with E-state index in [2.05, 4.69) is 11.1 Å². The molecular formula is C19H13ClN2. The monoisotopic (exact) mass is 304 g/mol. The van der Waals surface area contributed by atoms with Crippen molar-refractivity contribution in [2.75, 3.05) is 0 Å². The topological polar surface area (TPSA) is 25.8 Å². The average molecular weight is 305 g/mol. The Hall–Kier alpha value is -2.45. The summed E-state index contributed by atoms with van der Waals surface area (Å²) in [4.78, 5) is 9.49. The van der Waals surface area contributed by atoms with Crippen LogP contribution >= 0.6 is 11.6 Å². The Labute approximate surface area is 133 Å². The van der Waals surface area contributed by atoms with Crippen LogP contribution < -0.4 is 0 Å². The van der Waals surface area contributed by atoms with Gasteiger partial charge in [0.2, 0.25) is 0 Å². The van der Waals surface area contributed by atoms with Crippen molar-refractivity contribution in [3.63, 3.8) is 0 Å². The van der Waals surface area contributed by atoms with Crippen LogP contribution in [0.4, 0.5) is 0 Å². The van der Waals surface area contributed by atoms with E-state index in [9.17, 15) is 0 Å². The first-order valence-corrected chi connectivity index (χ1v) is 7.52. The number of hydrogen-bond donors (Lipinski definition) is 0. The number of nitrogens with zero attached hydrogens (tertiary/aromatic N) is 2. The molecule has 0 N–H and O–H groups in total.